The fourth-order valence-corrected chi connectivity index (χ4v) is 7.34. The van der Waals surface area contributed by atoms with E-state index in [0.717, 1.165) is 28.1 Å². The number of amides is 1. The molecular formula is C30H43N3O5S2. The van der Waals surface area contributed by atoms with Crippen LogP contribution in [0.25, 0.3) is 10.2 Å². The number of ketones is 2. The minimum absolute atomic E-state index is 0.0494. The van der Waals surface area contributed by atoms with E-state index in [1.807, 2.05) is 17.9 Å². The summed E-state index contributed by atoms with van der Waals surface area (Å²) in [4.78, 5) is 45.1. The Bertz CT molecular complexity index is 1320. The highest BCUT2D eigenvalue weighted by Gasteiger charge is 2.28. The lowest BCUT2D eigenvalue weighted by atomic mass is 9.91. The van der Waals surface area contributed by atoms with Crippen molar-refractivity contribution in [2.45, 2.75) is 72.3 Å². The van der Waals surface area contributed by atoms with Gasteiger partial charge >= 0.3 is 0 Å². The molecule has 0 bridgehead atoms. The van der Waals surface area contributed by atoms with E-state index in [4.69, 9.17) is 4.98 Å². The second kappa shape index (κ2) is 14.5. The Kier molecular flexibility index (Phi) is 11.6. The third-order valence-electron chi connectivity index (χ3n) is 7.82. The molecule has 0 unspecified atom stereocenters. The molecule has 220 valence electrons. The number of carbonyl (C=O) groups is 3. The van der Waals surface area contributed by atoms with Gasteiger partial charge in [0.05, 0.1) is 32.6 Å². The SMILES string of the molecule is C=C(CN1CCS(=O)(=O)CC1)C(=O)CC[C@@H](NC(=O)[C@@H](CC(C)=O)Cc1nc2ccc(CC)cc2s1)[C@@H](C)CC. The Hall–Kier alpha value is -2.43. The highest BCUT2D eigenvalue weighted by atomic mass is 32.2. The molecule has 1 fully saturated rings. The van der Waals surface area contributed by atoms with Gasteiger partial charge in [-0.15, -0.1) is 11.3 Å². The molecule has 1 amide bonds. The number of aryl methyl sites for hydroxylation is 1. The Labute approximate surface area is 242 Å². The van der Waals surface area contributed by atoms with Crippen molar-refractivity contribution >= 4 is 48.9 Å². The van der Waals surface area contributed by atoms with Gasteiger partial charge in [0.1, 0.15) is 5.78 Å². The van der Waals surface area contributed by atoms with Gasteiger partial charge < -0.3 is 10.1 Å². The van der Waals surface area contributed by atoms with Gasteiger partial charge in [-0.05, 0) is 43.4 Å². The number of thiazole rings is 1. The van der Waals surface area contributed by atoms with Crippen LogP contribution in [0.4, 0.5) is 0 Å². The van der Waals surface area contributed by atoms with Crippen molar-refractivity contribution in [1.29, 1.82) is 0 Å². The summed E-state index contributed by atoms with van der Waals surface area (Å²) in [6.45, 7) is 12.8. The van der Waals surface area contributed by atoms with Crippen molar-refractivity contribution < 1.29 is 22.8 Å². The summed E-state index contributed by atoms with van der Waals surface area (Å²) >= 11 is 1.57. The van der Waals surface area contributed by atoms with Crippen molar-refractivity contribution in [3.63, 3.8) is 0 Å². The van der Waals surface area contributed by atoms with E-state index in [-0.39, 0.29) is 53.8 Å². The first-order chi connectivity index (χ1) is 18.9. The topological polar surface area (TPSA) is 114 Å². The number of hydrogen-bond acceptors (Lipinski definition) is 8. The van der Waals surface area contributed by atoms with Crippen LogP contribution < -0.4 is 5.32 Å². The number of Topliss-reactive ketones (excluding diaryl/α,β-unsaturated/α-hetero) is 2. The lowest BCUT2D eigenvalue weighted by Gasteiger charge is -2.28. The molecule has 3 rings (SSSR count). The predicted molar refractivity (Wildman–Crippen MR) is 161 cm³/mol. The summed E-state index contributed by atoms with van der Waals surface area (Å²) in [7, 11) is -2.98. The zero-order chi connectivity index (χ0) is 29.4. The summed E-state index contributed by atoms with van der Waals surface area (Å²) in [6.07, 6.45) is 3.01. The van der Waals surface area contributed by atoms with Gasteiger partial charge in [0.25, 0.3) is 0 Å². The second-order valence-corrected chi connectivity index (χ2v) is 14.5. The number of sulfone groups is 1. The number of fused-ring (bicyclic) bond motifs is 1. The first-order valence-electron chi connectivity index (χ1n) is 14.2. The van der Waals surface area contributed by atoms with Crippen LogP contribution in [0, 0.1) is 11.8 Å². The normalized spacial score (nSPS) is 17.7. The summed E-state index contributed by atoms with van der Waals surface area (Å²) in [5.74, 6) is -0.482. The number of aromatic nitrogens is 1. The monoisotopic (exact) mass is 589 g/mol. The molecule has 3 atom stereocenters. The second-order valence-electron chi connectivity index (χ2n) is 11.1. The lowest BCUT2D eigenvalue weighted by molar-refractivity contribution is -0.129. The molecular weight excluding hydrogens is 546 g/mol. The molecule has 2 heterocycles. The van der Waals surface area contributed by atoms with E-state index in [9.17, 15) is 22.8 Å². The molecule has 2 aromatic rings. The van der Waals surface area contributed by atoms with E-state index in [1.54, 1.807) is 11.3 Å². The minimum Gasteiger partial charge on any atom is -0.353 e. The number of carbonyl (C=O) groups excluding carboxylic acids is 3. The summed E-state index contributed by atoms with van der Waals surface area (Å²) in [5.41, 5.74) is 2.60. The maximum absolute atomic E-state index is 13.5. The lowest BCUT2D eigenvalue weighted by Crippen LogP contribution is -2.44. The zero-order valence-electron chi connectivity index (χ0n) is 24.2. The molecule has 10 heteroatoms. The van der Waals surface area contributed by atoms with Gasteiger partial charge in [0, 0.05) is 50.5 Å². The number of hydrogen-bond donors (Lipinski definition) is 1. The zero-order valence-corrected chi connectivity index (χ0v) is 25.8. The van der Waals surface area contributed by atoms with Gasteiger partial charge in [-0.3, -0.25) is 14.5 Å². The van der Waals surface area contributed by atoms with E-state index in [1.165, 1.54) is 12.5 Å². The summed E-state index contributed by atoms with van der Waals surface area (Å²) < 4.78 is 24.4. The molecule has 0 saturated carbocycles. The van der Waals surface area contributed by atoms with Crippen LogP contribution in [0.5, 0.6) is 0 Å². The third-order valence-corrected chi connectivity index (χ3v) is 10.5. The number of nitrogens with one attached hydrogen (secondary N) is 1. The van der Waals surface area contributed by atoms with Crippen LogP contribution in [0.15, 0.2) is 30.4 Å². The standard InChI is InChI=1S/C30H43N3O5S2/c1-6-20(3)25(10-11-27(35)21(4)19-33-12-14-40(37,38)15-13-33)32-30(36)24(16-22(5)34)18-29-31-26-9-8-23(7-2)17-28(26)39-29/h8-9,17,20,24-25H,4,6-7,10-16,18-19H2,1-3,5H3,(H,32,36)/t20-,24-,25+/m0/s1. The van der Waals surface area contributed by atoms with Crippen LogP contribution in [-0.2, 0) is 37.1 Å². The molecule has 1 aliphatic rings. The van der Waals surface area contributed by atoms with Gasteiger partial charge in [0.2, 0.25) is 5.91 Å². The van der Waals surface area contributed by atoms with E-state index in [0.29, 0.717) is 38.0 Å². The molecule has 1 aromatic heterocycles. The Morgan fingerprint density at radius 3 is 2.50 bits per heavy atom. The highest BCUT2D eigenvalue weighted by molar-refractivity contribution is 7.91. The fraction of sp³-hybridized carbons (Fsp3) is 0.600. The molecule has 0 spiro atoms. The van der Waals surface area contributed by atoms with Gasteiger partial charge in [-0.1, -0.05) is 39.8 Å². The van der Waals surface area contributed by atoms with Crippen LogP contribution in [0.3, 0.4) is 0 Å². The maximum atomic E-state index is 13.5. The Balaban J connectivity index is 1.62. The van der Waals surface area contributed by atoms with Gasteiger partial charge in [0.15, 0.2) is 15.6 Å². The summed E-state index contributed by atoms with van der Waals surface area (Å²) in [5, 5.41) is 3.99. The van der Waals surface area contributed by atoms with Gasteiger partial charge in [-0.25, -0.2) is 13.4 Å². The van der Waals surface area contributed by atoms with Crippen molar-refractivity contribution in [2.75, 3.05) is 31.1 Å². The van der Waals surface area contributed by atoms with Crippen molar-refractivity contribution in [3.8, 4) is 0 Å². The quantitative estimate of drug-likeness (QED) is 0.310. The molecule has 1 aliphatic heterocycles. The average Bonchev–Trinajstić information content (AvgIpc) is 3.32. The molecule has 8 nitrogen and oxygen atoms in total. The van der Waals surface area contributed by atoms with Crippen LogP contribution in [0.2, 0.25) is 0 Å². The molecule has 1 N–H and O–H groups in total. The van der Waals surface area contributed by atoms with Crippen molar-refractivity contribution in [1.82, 2.24) is 15.2 Å². The van der Waals surface area contributed by atoms with Crippen molar-refractivity contribution in [2.24, 2.45) is 11.8 Å². The minimum atomic E-state index is -2.98. The predicted octanol–water partition coefficient (Wildman–Crippen LogP) is 4.16. The molecule has 0 aliphatic carbocycles. The average molecular weight is 590 g/mol. The molecule has 40 heavy (non-hydrogen) atoms. The molecule has 1 saturated heterocycles. The number of rotatable bonds is 15. The maximum Gasteiger partial charge on any atom is 0.224 e. The highest BCUT2D eigenvalue weighted by Crippen LogP contribution is 2.27. The van der Waals surface area contributed by atoms with Crippen LogP contribution in [0.1, 0.15) is 63.9 Å². The van der Waals surface area contributed by atoms with Crippen molar-refractivity contribution in [3.05, 3.63) is 40.9 Å². The third kappa shape index (κ3) is 9.31. The fourth-order valence-electron chi connectivity index (χ4n) is 4.95. The smallest absolute Gasteiger partial charge is 0.224 e. The van der Waals surface area contributed by atoms with E-state index < -0.39 is 15.8 Å². The first kappa shape index (κ1) is 32.1. The first-order valence-corrected chi connectivity index (χ1v) is 16.9. The Morgan fingerprint density at radius 1 is 1.18 bits per heavy atom. The van der Waals surface area contributed by atoms with Crippen LogP contribution in [-0.4, -0.2) is 73.0 Å². The van der Waals surface area contributed by atoms with Gasteiger partial charge in [-0.2, -0.15) is 0 Å². The molecule has 1 aromatic carbocycles. The Morgan fingerprint density at radius 2 is 1.88 bits per heavy atom. The van der Waals surface area contributed by atoms with E-state index in [2.05, 4.69) is 37.9 Å². The van der Waals surface area contributed by atoms with Crippen LogP contribution >= 0.6 is 11.3 Å². The number of benzene rings is 1. The summed E-state index contributed by atoms with van der Waals surface area (Å²) in [6, 6.07) is 5.99. The largest absolute Gasteiger partial charge is 0.353 e. The molecule has 0 radical (unpaired) electrons. The van der Waals surface area contributed by atoms with E-state index >= 15 is 0 Å². The number of nitrogens with zero attached hydrogens (tertiary/aromatic N) is 2.